The summed E-state index contributed by atoms with van der Waals surface area (Å²) >= 11 is 0. The van der Waals surface area contributed by atoms with Crippen LogP contribution in [0.25, 0.3) is 0 Å². The van der Waals surface area contributed by atoms with Gasteiger partial charge >= 0.3 is 0 Å². The minimum absolute atomic E-state index is 0.309. The van der Waals surface area contributed by atoms with Gasteiger partial charge < -0.3 is 0 Å². The zero-order valence-electron chi connectivity index (χ0n) is 15.0. The number of hydrogen-bond acceptors (Lipinski definition) is 3. The molecule has 3 rings (SSSR count). The van der Waals surface area contributed by atoms with Gasteiger partial charge in [-0.2, -0.15) is 0 Å². The molecule has 4 nitrogen and oxygen atoms in total. The summed E-state index contributed by atoms with van der Waals surface area (Å²) in [6, 6.07) is 13.7. The van der Waals surface area contributed by atoms with Gasteiger partial charge in [0.1, 0.15) is 0 Å². The van der Waals surface area contributed by atoms with Crippen LogP contribution in [0.2, 0.25) is 0 Å². The molecule has 2 aromatic carbocycles. The Morgan fingerprint density at radius 3 is 2.48 bits per heavy atom. The molecule has 0 bridgehead atoms. The van der Waals surface area contributed by atoms with E-state index in [4.69, 9.17) is 0 Å². The molecule has 0 spiro atoms. The molecule has 2 aromatic rings. The number of benzene rings is 2. The number of aryl methyl sites for hydroxylation is 2. The molecular weight excluding hydrogens is 332 g/mol. The first-order chi connectivity index (χ1) is 11.9. The Balaban J connectivity index is 1.69. The Bertz CT molecular complexity index is 841. The van der Waals surface area contributed by atoms with E-state index in [1.165, 1.54) is 18.4 Å². The minimum atomic E-state index is -3.51. The molecule has 0 aliphatic carbocycles. The van der Waals surface area contributed by atoms with Crippen molar-refractivity contribution in [2.45, 2.75) is 44.7 Å². The molecule has 5 heteroatoms. The van der Waals surface area contributed by atoms with E-state index in [1.807, 2.05) is 38.1 Å². The highest BCUT2D eigenvalue weighted by molar-refractivity contribution is 7.89. The van der Waals surface area contributed by atoms with Crippen LogP contribution in [-0.2, 0) is 23.1 Å². The Kier molecular flexibility index (Phi) is 5.57. The Morgan fingerprint density at radius 2 is 1.72 bits per heavy atom. The largest absolute Gasteiger partial charge is 0.299 e. The Hall–Kier alpha value is -1.69. The summed E-state index contributed by atoms with van der Waals surface area (Å²) in [5, 5.41) is 0. The van der Waals surface area contributed by atoms with Crippen molar-refractivity contribution < 1.29 is 8.42 Å². The summed E-state index contributed by atoms with van der Waals surface area (Å²) in [5.41, 5.74) is 3.94. The van der Waals surface area contributed by atoms with Crippen LogP contribution in [0.15, 0.2) is 47.4 Å². The molecule has 0 saturated carbocycles. The lowest BCUT2D eigenvalue weighted by atomic mass is 10.1. The SMILES string of the molecule is Cc1ccc(C)c(S(=O)(=O)NCc2cccc(CN3CCCC3)c2)c1. The number of hydrogen-bond donors (Lipinski definition) is 1. The molecule has 134 valence electrons. The van der Waals surface area contributed by atoms with E-state index in [-0.39, 0.29) is 0 Å². The van der Waals surface area contributed by atoms with Gasteiger partial charge in [0.05, 0.1) is 4.90 Å². The van der Waals surface area contributed by atoms with Crippen LogP contribution >= 0.6 is 0 Å². The second-order valence-electron chi connectivity index (χ2n) is 6.90. The van der Waals surface area contributed by atoms with E-state index < -0.39 is 10.0 Å². The van der Waals surface area contributed by atoms with Crippen molar-refractivity contribution >= 4 is 10.0 Å². The van der Waals surface area contributed by atoms with Gasteiger partial charge in [0.25, 0.3) is 0 Å². The number of rotatable bonds is 6. The normalized spacial score (nSPS) is 15.6. The quantitative estimate of drug-likeness (QED) is 0.861. The van der Waals surface area contributed by atoms with Crippen molar-refractivity contribution in [2.24, 2.45) is 0 Å². The zero-order valence-corrected chi connectivity index (χ0v) is 15.8. The van der Waals surface area contributed by atoms with Gasteiger partial charge in [0.15, 0.2) is 0 Å². The molecule has 0 amide bonds. The first-order valence-electron chi connectivity index (χ1n) is 8.81. The van der Waals surface area contributed by atoms with Crippen molar-refractivity contribution in [3.05, 3.63) is 64.7 Å². The van der Waals surface area contributed by atoms with E-state index in [0.29, 0.717) is 11.4 Å². The summed E-state index contributed by atoms with van der Waals surface area (Å²) in [4.78, 5) is 2.81. The summed E-state index contributed by atoms with van der Waals surface area (Å²) in [7, 11) is -3.51. The van der Waals surface area contributed by atoms with E-state index in [9.17, 15) is 8.42 Å². The maximum absolute atomic E-state index is 12.6. The fourth-order valence-electron chi connectivity index (χ4n) is 3.29. The van der Waals surface area contributed by atoms with E-state index in [0.717, 1.165) is 36.3 Å². The van der Waals surface area contributed by atoms with Gasteiger partial charge in [-0.1, -0.05) is 36.4 Å². The highest BCUT2D eigenvalue weighted by atomic mass is 32.2. The van der Waals surface area contributed by atoms with E-state index >= 15 is 0 Å². The van der Waals surface area contributed by atoms with Crippen molar-refractivity contribution in [1.82, 2.24) is 9.62 Å². The third-order valence-corrected chi connectivity index (χ3v) is 6.24. The van der Waals surface area contributed by atoms with Gasteiger partial charge in [-0.05, 0) is 68.1 Å². The summed E-state index contributed by atoms with van der Waals surface area (Å²) in [6.07, 6.45) is 2.55. The van der Waals surface area contributed by atoms with Crippen molar-refractivity contribution in [1.29, 1.82) is 0 Å². The highest BCUT2D eigenvalue weighted by Crippen LogP contribution is 2.18. The van der Waals surface area contributed by atoms with Gasteiger partial charge in [-0.3, -0.25) is 4.90 Å². The fourth-order valence-corrected chi connectivity index (χ4v) is 4.63. The molecule has 1 aliphatic heterocycles. The Morgan fingerprint density at radius 1 is 1.00 bits per heavy atom. The molecule has 0 radical (unpaired) electrons. The standard InChI is InChI=1S/C20H26N2O2S/c1-16-8-9-17(2)20(12-16)25(23,24)21-14-18-6-5-7-19(13-18)15-22-10-3-4-11-22/h5-9,12-13,21H,3-4,10-11,14-15H2,1-2H3. The van der Waals surface area contributed by atoms with E-state index in [1.54, 1.807) is 6.07 Å². The molecule has 1 saturated heterocycles. The third kappa shape index (κ3) is 4.69. The van der Waals surface area contributed by atoms with Crippen LogP contribution < -0.4 is 4.72 Å². The maximum Gasteiger partial charge on any atom is 0.241 e. The summed E-state index contributed by atoms with van der Waals surface area (Å²) < 4.78 is 28.0. The molecular formula is C20H26N2O2S. The van der Waals surface area contributed by atoms with Gasteiger partial charge in [0.2, 0.25) is 10.0 Å². The third-order valence-electron chi connectivity index (χ3n) is 4.70. The molecule has 1 heterocycles. The molecule has 1 aliphatic rings. The van der Waals surface area contributed by atoms with Crippen molar-refractivity contribution in [3.8, 4) is 0 Å². The lowest BCUT2D eigenvalue weighted by molar-refractivity contribution is 0.331. The van der Waals surface area contributed by atoms with Crippen molar-refractivity contribution in [2.75, 3.05) is 13.1 Å². The Labute approximate surface area is 150 Å². The first-order valence-corrected chi connectivity index (χ1v) is 10.3. The number of sulfonamides is 1. The zero-order chi connectivity index (χ0) is 17.9. The van der Waals surface area contributed by atoms with Crippen LogP contribution in [-0.4, -0.2) is 26.4 Å². The number of nitrogens with zero attached hydrogens (tertiary/aromatic N) is 1. The van der Waals surface area contributed by atoms with Crippen LogP contribution in [0.1, 0.15) is 35.1 Å². The molecule has 25 heavy (non-hydrogen) atoms. The van der Waals surface area contributed by atoms with Crippen LogP contribution in [0, 0.1) is 13.8 Å². The monoisotopic (exact) mass is 358 g/mol. The van der Waals surface area contributed by atoms with Gasteiger partial charge in [0, 0.05) is 13.1 Å². The topological polar surface area (TPSA) is 49.4 Å². The smallest absolute Gasteiger partial charge is 0.241 e. The summed E-state index contributed by atoms with van der Waals surface area (Å²) in [5.74, 6) is 0. The summed E-state index contributed by atoms with van der Waals surface area (Å²) in [6.45, 7) is 7.29. The average Bonchev–Trinajstić information content (AvgIpc) is 3.08. The van der Waals surface area contributed by atoms with Crippen molar-refractivity contribution in [3.63, 3.8) is 0 Å². The van der Waals surface area contributed by atoms with Gasteiger partial charge in [-0.15, -0.1) is 0 Å². The maximum atomic E-state index is 12.6. The number of nitrogens with one attached hydrogen (secondary N) is 1. The molecule has 1 fully saturated rings. The average molecular weight is 359 g/mol. The first kappa shape index (κ1) is 18.1. The predicted octanol–water partition coefficient (Wildman–Crippen LogP) is 3.38. The lowest BCUT2D eigenvalue weighted by Gasteiger charge is -2.15. The predicted molar refractivity (Wildman–Crippen MR) is 101 cm³/mol. The van der Waals surface area contributed by atoms with E-state index in [2.05, 4.69) is 21.8 Å². The fraction of sp³-hybridized carbons (Fsp3) is 0.400. The lowest BCUT2D eigenvalue weighted by Crippen LogP contribution is -2.24. The second kappa shape index (κ2) is 7.68. The highest BCUT2D eigenvalue weighted by Gasteiger charge is 2.17. The van der Waals surface area contributed by atoms with Crippen LogP contribution in [0.4, 0.5) is 0 Å². The second-order valence-corrected chi connectivity index (χ2v) is 8.63. The molecule has 0 unspecified atom stereocenters. The minimum Gasteiger partial charge on any atom is -0.299 e. The van der Waals surface area contributed by atoms with Crippen LogP contribution in [0.5, 0.6) is 0 Å². The molecule has 1 N–H and O–H groups in total. The van der Waals surface area contributed by atoms with Gasteiger partial charge in [-0.25, -0.2) is 13.1 Å². The number of likely N-dealkylation sites (tertiary alicyclic amines) is 1. The van der Waals surface area contributed by atoms with Crippen LogP contribution in [0.3, 0.4) is 0 Å². The molecule has 0 atom stereocenters. The molecule has 0 aromatic heterocycles.